The number of oxazole rings is 1. The maximum atomic E-state index is 9.48. The van der Waals surface area contributed by atoms with Crippen LogP contribution in [0.2, 0.25) is 0 Å². The molecule has 2 heterocycles. The van der Waals surface area contributed by atoms with Crippen LogP contribution in [0.4, 0.5) is 0 Å². The summed E-state index contributed by atoms with van der Waals surface area (Å²) in [6, 6.07) is 26.1. The summed E-state index contributed by atoms with van der Waals surface area (Å²) in [4.78, 5) is 8.86. The molecule has 2 aromatic heterocycles. The van der Waals surface area contributed by atoms with Crippen LogP contribution in [-0.4, -0.2) is 9.97 Å². The Morgan fingerprint density at radius 2 is 1.71 bits per heavy atom. The van der Waals surface area contributed by atoms with Crippen LogP contribution in [0.3, 0.4) is 0 Å². The minimum atomic E-state index is 0.176. The molecule has 0 saturated heterocycles. The molecular formula is C28H21N3O3. The third kappa shape index (κ3) is 4.45. The standard InChI is InChI=1S/C28H21N3O3/c1-19-26(32-16-20-7-3-2-4-8-20)24(14-29)15-30-27(19)33-17-25-18-34-28(31-25)23-12-11-21-9-5-6-10-22(21)13-23/h2-13,15,18H,16-17H2,1H3. The highest BCUT2D eigenvalue weighted by molar-refractivity contribution is 5.86. The quantitative estimate of drug-likeness (QED) is 0.294. The number of ether oxygens (including phenoxy) is 2. The van der Waals surface area contributed by atoms with Crippen molar-refractivity contribution in [2.45, 2.75) is 20.1 Å². The zero-order valence-corrected chi connectivity index (χ0v) is 18.6. The van der Waals surface area contributed by atoms with Crippen molar-refractivity contribution in [2.75, 3.05) is 0 Å². The largest absolute Gasteiger partial charge is 0.487 e. The van der Waals surface area contributed by atoms with E-state index in [9.17, 15) is 5.26 Å². The molecule has 0 saturated carbocycles. The normalized spacial score (nSPS) is 10.7. The van der Waals surface area contributed by atoms with E-state index < -0.39 is 0 Å². The molecule has 0 aliphatic rings. The van der Waals surface area contributed by atoms with Gasteiger partial charge in [-0.1, -0.05) is 60.7 Å². The van der Waals surface area contributed by atoms with Crippen molar-refractivity contribution in [3.8, 4) is 29.2 Å². The Morgan fingerprint density at radius 3 is 2.53 bits per heavy atom. The predicted octanol–water partition coefficient (Wildman–Crippen LogP) is 6.23. The first-order chi connectivity index (χ1) is 16.7. The first-order valence-corrected chi connectivity index (χ1v) is 10.8. The third-order valence-electron chi connectivity index (χ3n) is 5.47. The molecule has 5 rings (SSSR count). The van der Waals surface area contributed by atoms with Crippen molar-refractivity contribution >= 4 is 10.8 Å². The molecule has 0 aliphatic carbocycles. The van der Waals surface area contributed by atoms with Crippen molar-refractivity contribution in [3.05, 3.63) is 108 Å². The van der Waals surface area contributed by atoms with Gasteiger partial charge in [-0.3, -0.25) is 0 Å². The first kappa shape index (κ1) is 21.2. The van der Waals surface area contributed by atoms with Gasteiger partial charge in [0.25, 0.3) is 0 Å². The number of benzene rings is 3. The van der Waals surface area contributed by atoms with E-state index in [1.807, 2.05) is 61.5 Å². The number of pyridine rings is 1. The lowest BCUT2D eigenvalue weighted by atomic mass is 10.1. The highest BCUT2D eigenvalue weighted by Crippen LogP contribution is 2.31. The Bertz CT molecular complexity index is 1490. The van der Waals surface area contributed by atoms with E-state index in [2.05, 4.69) is 34.2 Å². The average Bonchev–Trinajstić information content (AvgIpc) is 3.36. The van der Waals surface area contributed by atoms with Gasteiger partial charge in [0.15, 0.2) is 0 Å². The van der Waals surface area contributed by atoms with E-state index in [0.29, 0.717) is 40.9 Å². The molecule has 166 valence electrons. The predicted molar refractivity (Wildman–Crippen MR) is 128 cm³/mol. The summed E-state index contributed by atoms with van der Waals surface area (Å²) < 4.78 is 17.6. The van der Waals surface area contributed by atoms with Crippen LogP contribution in [0.25, 0.3) is 22.2 Å². The Hall–Kier alpha value is -4.63. The molecule has 0 amide bonds. The summed E-state index contributed by atoms with van der Waals surface area (Å²) in [6.07, 6.45) is 3.04. The fourth-order valence-electron chi connectivity index (χ4n) is 3.69. The molecule has 0 N–H and O–H groups in total. The highest BCUT2D eigenvalue weighted by Gasteiger charge is 2.16. The second-order valence-electron chi connectivity index (χ2n) is 7.81. The fraction of sp³-hybridized carbons (Fsp3) is 0.107. The van der Waals surface area contributed by atoms with Crippen LogP contribution in [0.5, 0.6) is 11.6 Å². The Morgan fingerprint density at radius 1 is 0.912 bits per heavy atom. The van der Waals surface area contributed by atoms with Gasteiger partial charge in [0.05, 0.1) is 11.8 Å². The summed E-state index contributed by atoms with van der Waals surface area (Å²) in [5, 5.41) is 11.8. The third-order valence-corrected chi connectivity index (χ3v) is 5.47. The SMILES string of the molecule is Cc1c(OCc2coc(-c3ccc4ccccc4c3)n2)ncc(C#N)c1OCc1ccccc1. The van der Waals surface area contributed by atoms with Gasteiger partial charge in [-0.2, -0.15) is 5.26 Å². The van der Waals surface area contributed by atoms with Gasteiger partial charge in [0.1, 0.15) is 42.6 Å². The number of nitrogens with zero attached hydrogens (tertiary/aromatic N) is 3. The van der Waals surface area contributed by atoms with Gasteiger partial charge in [-0.25, -0.2) is 9.97 Å². The summed E-state index contributed by atoms with van der Waals surface area (Å²) in [5.74, 6) is 1.38. The van der Waals surface area contributed by atoms with Crippen molar-refractivity contribution in [1.29, 1.82) is 5.26 Å². The van der Waals surface area contributed by atoms with Crippen molar-refractivity contribution < 1.29 is 13.9 Å². The highest BCUT2D eigenvalue weighted by atomic mass is 16.5. The number of hydrogen-bond acceptors (Lipinski definition) is 6. The van der Waals surface area contributed by atoms with Gasteiger partial charge in [0, 0.05) is 5.56 Å². The second kappa shape index (κ2) is 9.47. The topological polar surface area (TPSA) is 81.2 Å². The van der Waals surface area contributed by atoms with E-state index in [1.165, 1.54) is 6.20 Å². The maximum Gasteiger partial charge on any atom is 0.226 e. The molecule has 0 unspecified atom stereocenters. The minimum Gasteiger partial charge on any atom is -0.487 e. The Balaban J connectivity index is 1.31. The molecule has 3 aromatic carbocycles. The molecule has 0 fully saturated rings. The average molecular weight is 447 g/mol. The summed E-state index contributed by atoms with van der Waals surface area (Å²) in [7, 11) is 0. The van der Waals surface area contributed by atoms with E-state index >= 15 is 0 Å². The van der Waals surface area contributed by atoms with Gasteiger partial charge >= 0.3 is 0 Å². The lowest BCUT2D eigenvalue weighted by Crippen LogP contribution is -2.04. The molecule has 0 spiro atoms. The second-order valence-corrected chi connectivity index (χ2v) is 7.81. The Labute approximate surface area is 197 Å². The van der Waals surface area contributed by atoms with Crippen molar-refractivity contribution in [1.82, 2.24) is 9.97 Å². The molecule has 6 heteroatoms. The van der Waals surface area contributed by atoms with Crippen molar-refractivity contribution in [2.24, 2.45) is 0 Å². The number of hydrogen-bond donors (Lipinski definition) is 0. The molecule has 0 bridgehead atoms. The van der Waals surface area contributed by atoms with Crippen LogP contribution in [0.15, 0.2) is 89.7 Å². The van der Waals surface area contributed by atoms with Crippen LogP contribution in [-0.2, 0) is 13.2 Å². The van der Waals surface area contributed by atoms with Crippen molar-refractivity contribution in [3.63, 3.8) is 0 Å². The number of fused-ring (bicyclic) bond motifs is 1. The molecule has 5 aromatic rings. The summed E-state index contributed by atoms with van der Waals surface area (Å²) in [5.41, 5.74) is 3.57. The summed E-state index contributed by atoms with van der Waals surface area (Å²) >= 11 is 0. The molecule has 34 heavy (non-hydrogen) atoms. The van der Waals surface area contributed by atoms with E-state index in [4.69, 9.17) is 13.9 Å². The lowest BCUT2D eigenvalue weighted by molar-refractivity contribution is 0.274. The van der Waals surface area contributed by atoms with Crippen LogP contribution < -0.4 is 9.47 Å². The van der Waals surface area contributed by atoms with E-state index in [1.54, 1.807) is 6.26 Å². The maximum absolute atomic E-state index is 9.48. The molecule has 0 atom stereocenters. The van der Waals surface area contributed by atoms with E-state index in [0.717, 1.165) is 21.9 Å². The minimum absolute atomic E-state index is 0.176. The fourth-order valence-corrected chi connectivity index (χ4v) is 3.69. The van der Waals surface area contributed by atoms with E-state index in [-0.39, 0.29) is 6.61 Å². The first-order valence-electron chi connectivity index (χ1n) is 10.8. The molecule has 6 nitrogen and oxygen atoms in total. The lowest BCUT2D eigenvalue weighted by Gasteiger charge is -2.14. The van der Waals surface area contributed by atoms with Crippen LogP contribution in [0, 0.1) is 18.3 Å². The van der Waals surface area contributed by atoms with Gasteiger partial charge in [-0.05, 0) is 35.4 Å². The number of rotatable bonds is 7. The number of nitriles is 1. The summed E-state index contributed by atoms with van der Waals surface area (Å²) in [6.45, 7) is 2.35. The van der Waals surface area contributed by atoms with Crippen LogP contribution in [0.1, 0.15) is 22.4 Å². The monoisotopic (exact) mass is 447 g/mol. The van der Waals surface area contributed by atoms with Gasteiger partial charge < -0.3 is 13.9 Å². The molecule has 0 aliphatic heterocycles. The zero-order chi connectivity index (χ0) is 23.3. The Kier molecular flexibility index (Phi) is 5.91. The van der Waals surface area contributed by atoms with Gasteiger partial charge in [-0.15, -0.1) is 0 Å². The molecule has 0 radical (unpaired) electrons. The number of aromatic nitrogens is 2. The van der Waals surface area contributed by atoms with Gasteiger partial charge in [0.2, 0.25) is 11.8 Å². The van der Waals surface area contributed by atoms with Crippen LogP contribution >= 0.6 is 0 Å². The zero-order valence-electron chi connectivity index (χ0n) is 18.6. The smallest absolute Gasteiger partial charge is 0.226 e. The molecular weight excluding hydrogens is 426 g/mol.